The number of nitrogens with zero attached hydrogens (tertiary/aromatic N) is 2. The Balaban J connectivity index is 0.000000192. The molecule has 6 heterocycles. The van der Waals surface area contributed by atoms with Gasteiger partial charge in [0.2, 0.25) is 0 Å². The van der Waals surface area contributed by atoms with Crippen molar-refractivity contribution in [1.82, 2.24) is 30.9 Å². The molecule has 10 N–H and O–H groups in total. The summed E-state index contributed by atoms with van der Waals surface area (Å²) in [7, 11) is -0.826. The van der Waals surface area contributed by atoms with Crippen LogP contribution < -0.4 is 26.0 Å². The number of aliphatic hydroxyl groups is 3. The van der Waals surface area contributed by atoms with Crippen LogP contribution in [0.1, 0.15) is 171 Å². The molecule has 6 fully saturated rings. The predicted molar refractivity (Wildman–Crippen MR) is 491 cm³/mol. The summed E-state index contributed by atoms with van der Waals surface area (Å²) >= 11 is 0. The normalized spacial score (nSPS) is 20.3. The molecule has 0 saturated carbocycles. The molecule has 3 unspecified atom stereocenters. The predicted octanol–water partition coefficient (Wildman–Crippen LogP) is 19.4. The Morgan fingerprint density at radius 2 is 0.738 bits per heavy atom. The van der Waals surface area contributed by atoms with E-state index in [2.05, 4.69) is 101 Å². The third-order valence-electron chi connectivity index (χ3n) is 25.8. The number of hydrogen-bond donors (Lipinski definition) is 10. The van der Waals surface area contributed by atoms with Gasteiger partial charge >= 0.3 is 44.8 Å². The molecule has 0 radical (unpaired) electrons. The van der Waals surface area contributed by atoms with Crippen LogP contribution in [-0.2, 0) is 73.3 Å². The van der Waals surface area contributed by atoms with Crippen molar-refractivity contribution in [2.75, 3.05) is 112 Å². The van der Waals surface area contributed by atoms with E-state index in [9.17, 15) is 88.0 Å². The minimum atomic E-state index is -4.90. The van der Waals surface area contributed by atoms with Crippen LogP contribution in [0.2, 0.25) is 13.6 Å². The van der Waals surface area contributed by atoms with Crippen molar-refractivity contribution in [2.45, 2.75) is 182 Å². The van der Waals surface area contributed by atoms with E-state index in [1.807, 2.05) is 156 Å². The quantitative estimate of drug-likeness (QED) is 0.0254. The minimum Gasteiger partial charge on any atom is -0.493 e. The van der Waals surface area contributed by atoms with E-state index in [1.54, 1.807) is 13.6 Å². The van der Waals surface area contributed by atoms with Crippen molar-refractivity contribution in [2.24, 2.45) is 0 Å². The number of carboxylic acids is 1. The van der Waals surface area contributed by atoms with Gasteiger partial charge in [-0.15, -0.1) is 0 Å². The molecule has 15 nitrogen and oxygen atoms in total. The van der Waals surface area contributed by atoms with Crippen molar-refractivity contribution in [3.63, 3.8) is 0 Å². The van der Waals surface area contributed by atoms with Gasteiger partial charge in [-0.3, -0.25) is 4.79 Å². The zero-order valence-electron chi connectivity index (χ0n) is 74.0. The number of piperidine rings is 6. The summed E-state index contributed by atoms with van der Waals surface area (Å²) in [5.41, 5.74) is 0.527. The van der Waals surface area contributed by atoms with Crippen molar-refractivity contribution in [1.29, 1.82) is 0 Å². The van der Waals surface area contributed by atoms with Gasteiger partial charge in [-0.1, -0.05) is 234 Å². The maximum atomic E-state index is 13.0. The lowest BCUT2D eigenvalue weighted by molar-refractivity contribution is -0.145. The first-order chi connectivity index (χ1) is 61.5. The number of halogens is 12. The van der Waals surface area contributed by atoms with Gasteiger partial charge in [0.1, 0.15) is 5.75 Å². The monoisotopic (exact) mass is 1820 g/mol. The van der Waals surface area contributed by atoms with E-state index in [0.717, 1.165) is 127 Å². The molecular weight excluding hydrogens is 1690 g/mol. The van der Waals surface area contributed by atoms with Crippen molar-refractivity contribution in [3.8, 4) is 5.75 Å². The Morgan fingerprint density at radius 3 is 1.10 bits per heavy atom. The molecule has 3 atom stereocenters. The van der Waals surface area contributed by atoms with Gasteiger partial charge in [-0.05, 0) is 236 Å². The van der Waals surface area contributed by atoms with Crippen molar-refractivity contribution < 1.29 is 97.4 Å². The number of carbonyl (C=O) groups is 1. The van der Waals surface area contributed by atoms with Gasteiger partial charge in [0, 0.05) is 46.7 Å². The van der Waals surface area contributed by atoms with Crippen LogP contribution in [-0.4, -0.2) is 172 Å². The number of carboxylic acid groups (broad SMARTS) is 1. The van der Waals surface area contributed by atoms with E-state index >= 15 is 0 Å². The van der Waals surface area contributed by atoms with Gasteiger partial charge in [-0.2, -0.15) is 52.7 Å². The third kappa shape index (κ3) is 30.0. The number of alkyl halides is 12. The standard InChI is InChI=1S/C21H21F6NO.C20H19F6NO.2C13H20BNO2.C12H15NO2.C12H17NO.C9H12.CH4/c22-20(23,24)17-9-15(10-18(11-17)21(25,26)27)12-29-14-19(7-4-8-28-13-19)16-5-2-1-3-6-16;21-19(22,23)15-10-16(20(24,25)26)12-17(11-15)28-13-18(6-8-27-9-7-18)14-4-2-1-3-5-14;1-14(17)15-9-5-8-13(10-15,11-16)12-6-3-2-4-7-12;1-14(17)15-9-7-13(11-16,8-10-15)12-5-3-2-4-6-12;14-11(15)12(6-8-13-9-7-12)10-4-2-1-3-5-10;14-10-12(7-4-8-13-9-12)11-5-2-1-3-6-11;1-8(2)9-6-4-3-5-7-9;/h1-3,5-6,9-11,28H,4,7-8,12-14H2;1-5,10-12,27H,6-9,13H2;2-4,6-7,16-17H,5,8-11H2,1H3;2-6,16-17H,7-11H2,1H3;1-5,13H,6-9H2,(H,14,15);1-3,5-6,13-14H,4,7-10H2;3-8H,1-2H3;1H4. The summed E-state index contributed by atoms with van der Waals surface area (Å²) in [6.45, 7) is 18.1. The van der Waals surface area contributed by atoms with E-state index in [1.165, 1.54) is 22.3 Å². The average Bonchev–Trinajstić information content (AvgIpc) is 0.778. The summed E-state index contributed by atoms with van der Waals surface area (Å²) in [4.78, 5) is 15.5. The number of hydrogen-bond acceptors (Lipinski definition) is 14. The molecule has 29 heteroatoms. The van der Waals surface area contributed by atoms with Gasteiger partial charge in [0.25, 0.3) is 0 Å². The maximum Gasteiger partial charge on any atom is 0.416 e. The molecule has 0 spiro atoms. The molecular formula is C101H128B2F12N6O9. The van der Waals surface area contributed by atoms with Gasteiger partial charge < -0.3 is 70.8 Å². The maximum absolute atomic E-state index is 13.0. The van der Waals surface area contributed by atoms with Crippen LogP contribution in [0.3, 0.4) is 0 Å². The van der Waals surface area contributed by atoms with E-state index in [0.29, 0.717) is 75.5 Å². The topological polar surface area (TPSA) is 212 Å². The average molecular weight is 1820 g/mol. The smallest absolute Gasteiger partial charge is 0.416 e. The molecule has 15 rings (SSSR count). The largest absolute Gasteiger partial charge is 0.493 e. The fraction of sp³-hybridized carbons (Fsp3) is 0.455. The molecule has 0 aromatic heterocycles. The van der Waals surface area contributed by atoms with E-state index in [-0.39, 0.29) is 93.5 Å². The second-order valence-electron chi connectivity index (χ2n) is 34.9. The SMILES string of the molecule is C.CB(O)N1CCC(CO)(c2ccccc2)CC1.CB(O)N1CCCC(CO)(c2ccccc2)C1.CC(C)c1ccccc1.FC(F)(F)c1cc(COCC2(c3ccccc3)CCCNC2)cc(C(F)(F)F)c1.FC(F)(F)c1cc(OCC2(c3ccccc3)CCNCC2)cc(C(F)(F)F)c1.O=C(O)C1(c2ccccc2)CCNCC1.OCC1(c2ccccc2)CCCNC1. The highest BCUT2D eigenvalue weighted by Gasteiger charge is 2.45. The number of rotatable bonds is 20. The molecule has 6 saturated heterocycles. The lowest BCUT2D eigenvalue weighted by Gasteiger charge is -2.42. The van der Waals surface area contributed by atoms with Crippen LogP contribution in [0.5, 0.6) is 5.75 Å². The highest BCUT2D eigenvalue weighted by molar-refractivity contribution is 6.45. The fourth-order valence-electron chi connectivity index (χ4n) is 17.8. The molecule has 706 valence electrons. The summed E-state index contributed by atoms with van der Waals surface area (Å²) in [6.07, 6.45) is -9.09. The lowest BCUT2D eigenvalue weighted by atomic mass is 9.70. The molecule has 0 aliphatic carbocycles. The zero-order chi connectivity index (χ0) is 93.4. The van der Waals surface area contributed by atoms with Crippen LogP contribution >= 0.6 is 0 Å². The summed E-state index contributed by atoms with van der Waals surface area (Å²) in [6, 6.07) is 72.6. The minimum absolute atomic E-state index is 0. The molecule has 130 heavy (non-hydrogen) atoms. The Kier molecular flexibility index (Phi) is 40.7. The fourth-order valence-corrected chi connectivity index (χ4v) is 17.8. The van der Waals surface area contributed by atoms with Crippen LogP contribution in [0.15, 0.2) is 249 Å². The molecule has 6 aliphatic heterocycles. The first-order valence-electron chi connectivity index (χ1n) is 44.4. The zero-order valence-corrected chi connectivity index (χ0v) is 74.0. The molecule has 0 amide bonds. The highest BCUT2D eigenvalue weighted by atomic mass is 19.4. The third-order valence-corrected chi connectivity index (χ3v) is 25.8. The molecule has 6 aliphatic rings. The van der Waals surface area contributed by atoms with Crippen molar-refractivity contribution in [3.05, 3.63) is 315 Å². The summed E-state index contributed by atoms with van der Waals surface area (Å²) in [5, 5.41) is 70.8. The Bertz CT molecular complexity index is 4650. The molecule has 0 bridgehead atoms. The second kappa shape index (κ2) is 49.7. The van der Waals surface area contributed by atoms with Crippen molar-refractivity contribution >= 4 is 20.1 Å². The van der Waals surface area contributed by atoms with Gasteiger partial charge in [0.05, 0.1) is 67.3 Å². The number of ether oxygens (including phenoxy) is 2. The summed E-state index contributed by atoms with van der Waals surface area (Å²) in [5.74, 6) is -0.475. The van der Waals surface area contributed by atoms with Gasteiger partial charge in [0.15, 0.2) is 0 Å². The number of aliphatic carboxylic acids is 1. The first-order valence-corrected chi connectivity index (χ1v) is 44.4. The van der Waals surface area contributed by atoms with Gasteiger partial charge in [-0.25, -0.2) is 0 Å². The number of aliphatic hydroxyl groups excluding tert-OH is 3. The van der Waals surface area contributed by atoms with E-state index in [4.69, 9.17) is 9.47 Å². The Morgan fingerprint density at radius 1 is 0.392 bits per heavy atom. The highest BCUT2D eigenvalue weighted by Crippen LogP contribution is 2.44. The van der Waals surface area contributed by atoms with Crippen LogP contribution in [0.25, 0.3) is 0 Å². The van der Waals surface area contributed by atoms with Crippen LogP contribution in [0.4, 0.5) is 52.7 Å². The van der Waals surface area contributed by atoms with Crippen LogP contribution in [0, 0.1) is 0 Å². The Labute approximate surface area is 759 Å². The number of benzene rings is 9. The first kappa shape index (κ1) is 106. The number of nitrogens with one attached hydrogen (secondary N) is 4. The van der Waals surface area contributed by atoms with E-state index < -0.39 is 76.6 Å². The molecule has 9 aromatic rings. The molecule has 9 aromatic carbocycles. The second-order valence-corrected chi connectivity index (χ2v) is 34.9. The summed E-state index contributed by atoms with van der Waals surface area (Å²) < 4.78 is 168. The Hall–Kier alpha value is -8.94. The lowest BCUT2D eigenvalue weighted by Crippen LogP contribution is -2.52.